The lowest BCUT2D eigenvalue weighted by Gasteiger charge is -2.15. The lowest BCUT2D eigenvalue weighted by Crippen LogP contribution is -2.05. The first-order valence-electron chi connectivity index (χ1n) is 21.8. The summed E-state index contributed by atoms with van der Waals surface area (Å²) in [6.07, 6.45) is 1.27. The highest BCUT2D eigenvalue weighted by Gasteiger charge is 2.19. The highest BCUT2D eigenvalue weighted by molar-refractivity contribution is 6.11. The van der Waals surface area contributed by atoms with Gasteiger partial charge in [0.2, 0.25) is 0 Å². The normalized spacial score (nSPS) is 11.4. The zero-order valence-corrected chi connectivity index (χ0v) is 35.2. The van der Waals surface area contributed by atoms with Crippen LogP contribution in [0.3, 0.4) is 0 Å². The van der Waals surface area contributed by atoms with Crippen LogP contribution in [0, 0.1) is 5.41 Å². The SMILES string of the molecule is N=Cc1nc(-c2ccc(-c3ccc4c(c3)c3ccccc3n4-c3ccccc3)cc2)c(-c2ccc(-c3ccc4c(c3)c3ccccc3n4-c3ccccc3)cc2)nc1Nc1ccccc1. The van der Waals surface area contributed by atoms with Gasteiger partial charge >= 0.3 is 0 Å². The summed E-state index contributed by atoms with van der Waals surface area (Å²) >= 11 is 0. The number of para-hydroxylation sites is 5. The molecule has 3 heterocycles. The molecule has 0 fully saturated rings. The Morgan fingerprint density at radius 1 is 0.354 bits per heavy atom. The van der Waals surface area contributed by atoms with Gasteiger partial charge in [-0.15, -0.1) is 0 Å². The third kappa shape index (κ3) is 6.64. The van der Waals surface area contributed by atoms with Crippen LogP contribution in [0.25, 0.3) is 99.8 Å². The van der Waals surface area contributed by atoms with Crippen molar-refractivity contribution in [2.24, 2.45) is 0 Å². The van der Waals surface area contributed by atoms with Crippen LogP contribution in [-0.2, 0) is 0 Å². The van der Waals surface area contributed by atoms with Crippen molar-refractivity contribution in [2.75, 3.05) is 5.32 Å². The smallest absolute Gasteiger partial charge is 0.158 e. The number of hydrogen-bond donors (Lipinski definition) is 2. The molecule has 6 heteroatoms. The molecular weight excluding hydrogens is 793 g/mol. The van der Waals surface area contributed by atoms with E-state index in [1.165, 1.54) is 49.8 Å². The highest BCUT2D eigenvalue weighted by atomic mass is 15.0. The van der Waals surface area contributed by atoms with Gasteiger partial charge in [-0.25, -0.2) is 9.97 Å². The Bertz CT molecular complexity index is 3720. The fraction of sp³-hybridized carbons (Fsp3) is 0. The van der Waals surface area contributed by atoms with Gasteiger partial charge in [0.05, 0.1) is 33.5 Å². The molecule has 0 aliphatic carbocycles. The molecule has 0 aliphatic rings. The molecule has 2 N–H and O–H groups in total. The molecule has 6 nitrogen and oxygen atoms in total. The lowest BCUT2D eigenvalue weighted by atomic mass is 9.97. The van der Waals surface area contributed by atoms with Gasteiger partial charge in [0.1, 0.15) is 5.69 Å². The quantitative estimate of drug-likeness (QED) is 0.142. The van der Waals surface area contributed by atoms with Gasteiger partial charge in [0.25, 0.3) is 0 Å². The molecule has 0 saturated heterocycles. The Morgan fingerprint density at radius 3 is 1.22 bits per heavy atom. The Morgan fingerprint density at radius 2 is 0.738 bits per heavy atom. The van der Waals surface area contributed by atoms with Crippen LogP contribution in [0.2, 0.25) is 0 Å². The van der Waals surface area contributed by atoms with Crippen LogP contribution in [0.15, 0.2) is 224 Å². The van der Waals surface area contributed by atoms with Crippen molar-refractivity contribution < 1.29 is 0 Å². The fourth-order valence-corrected chi connectivity index (χ4v) is 9.36. The Kier molecular flexibility index (Phi) is 9.20. The van der Waals surface area contributed by atoms with Gasteiger partial charge in [-0.05, 0) is 95.1 Å². The zero-order chi connectivity index (χ0) is 43.3. The van der Waals surface area contributed by atoms with Crippen LogP contribution < -0.4 is 5.32 Å². The number of hydrogen-bond acceptors (Lipinski definition) is 4. The standard InChI is InChI=1S/C59H40N6/c60-38-52-59(61-45-14-4-1-5-15-45)63-58(42-30-26-40(27-31-42)44-33-35-56-51(37-44)49-21-11-13-23-54(49)65(56)47-18-8-3-9-19-47)57(62-52)41-28-24-39(25-29-41)43-32-34-55-50(36-43)48-20-10-12-22-53(48)64(55)46-16-6-2-7-17-46/h1-38,60H,(H,61,63). The van der Waals surface area contributed by atoms with E-state index in [4.69, 9.17) is 15.4 Å². The van der Waals surface area contributed by atoms with Crippen LogP contribution in [0.5, 0.6) is 0 Å². The molecule has 0 radical (unpaired) electrons. The van der Waals surface area contributed by atoms with E-state index in [1.54, 1.807) is 0 Å². The minimum absolute atomic E-state index is 0.455. The van der Waals surface area contributed by atoms with Gasteiger partial charge in [-0.1, -0.05) is 152 Å². The monoisotopic (exact) mass is 832 g/mol. The van der Waals surface area contributed by atoms with E-state index >= 15 is 0 Å². The van der Waals surface area contributed by atoms with Crippen molar-refractivity contribution in [3.63, 3.8) is 0 Å². The number of benzene rings is 9. The topological polar surface area (TPSA) is 71.5 Å². The number of fused-ring (bicyclic) bond motifs is 6. The summed E-state index contributed by atoms with van der Waals surface area (Å²) in [5, 5.41) is 16.7. The van der Waals surface area contributed by atoms with Crippen molar-refractivity contribution in [3.8, 4) is 56.1 Å². The van der Waals surface area contributed by atoms with Crippen molar-refractivity contribution >= 4 is 61.3 Å². The second kappa shape index (κ2) is 15.8. The molecule has 0 aliphatic heterocycles. The van der Waals surface area contributed by atoms with Crippen LogP contribution in [0.1, 0.15) is 5.69 Å². The van der Waals surface area contributed by atoms with Gasteiger partial charge in [0.15, 0.2) is 5.82 Å². The Hall–Kier alpha value is -8.87. The molecule has 9 aromatic carbocycles. The number of nitrogens with one attached hydrogen (secondary N) is 2. The first-order chi connectivity index (χ1) is 32.2. The molecule has 12 rings (SSSR count). The van der Waals surface area contributed by atoms with Gasteiger partial charge in [0, 0.05) is 55.9 Å². The summed E-state index contributed by atoms with van der Waals surface area (Å²) in [5.41, 5.74) is 16.1. The molecule has 0 saturated carbocycles. The zero-order valence-electron chi connectivity index (χ0n) is 35.2. The van der Waals surface area contributed by atoms with E-state index < -0.39 is 0 Å². The van der Waals surface area contributed by atoms with E-state index in [9.17, 15) is 0 Å². The number of aromatic nitrogens is 4. The van der Waals surface area contributed by atoms with Crippen LogP contribution >= 0.6 is 0 Å². The highest BCUT2D eigenvalue weighted by Crippen LogP contribution is 2.39. The summed E-state index contributed by atoms with van der Waals surface area (Å²) in [7, 11) is 0. The number of rotatable bonds is 9. The second-order valence-electron chi connectivity index (χ2n) is 16.3. The fourth-order valence-electron chi connectivity index (χ4n) is 9.36. The van der Waals surface area contributed by atoms with Crippen LogP contribution in [0.4, 0.5) is 11.5 Å². The summed E-state index contributed by atoms with van der Waals surface area (Å²) in [6, 6.07) is 78.9. The molecule has 3 aromatic heterocycles. The third-order valence-corrected chi connectivity index (χ3v) is 12.5. The molecule has 306 valence electrons. The van der Waals surface area contributed by atoms with E-state index in [0.29, 0.717) is 17.2 Å². The lowest BCUT2D eigenvalue weighted by molar-refractivity contribution is 1.18. The summed E-state index contributed by atoms with van der Waals surface area (Å²) < 4.78 is 4.68. The maximum atomic E-state index is 8.42. The van der Waals surface area contributed by atoms with Gasteiger partial charge in [-0.3, -0.25) is 0 Å². The average molecular weight is 833 g/mol. The minimum atomic E-state index is 0.455. The van der Waals surface area contributed by atoms with Crippen molar-refractivity contribution in [2.45, 2.75) is 0 Å². The predicted molar refractivity (Wildman–Crippen MR) is 270 cm³/mol. The molecule has 0 amide bonds. The predicted octanol–water partition coefficient (Wildman–Crippen LogP) is 15.1. The molecule has 0 unspecified atom stereocenters. The van der Waals surface area contributed by atoms with Crippen LogP contribution in [-0.4, -0.2) is 25.3 Å². The summed E-state index contributed by atoms with van der Waals surface area (Å²) in [5.74, 6) is 0.522. The average Bonchev–Trinajstić information content (AvgIpc) is 3.89. The minimum Gasteiger partial charge on any atom is -0.338 e. The van der Waals surface area contributed by atoms with Gasteiger partial charge < -0.3 is 19.9 Å². The van der Waals surface area contributed by atoms with E-state index in [-0.39, 0.29) is 0 Å². The number of anilines is 2. The van der Waals surface area contributed by atoms with Crippen molar-refractivity contribution in [1.82, 2.24) is 19.1 Å². The molecule has 0 spiro atoms. The first-order valence-corrected chi connectivity index (χ1v) is 21.8. The largest absolute Gasteiger partial charge is 0.338 e. The maximum absolute atomic E-state index is 8.42. The first kappa shape index (κ1) is 37.9. The molecule has 12 aromatic rings. The Balaban J connectivity index is 0.933. The van der Waals surface area contributed by atoms with Gasteiger partial charge in [-0.2, -0.15) is 0 Å². The molecular formula is C59H40N6. The van der Waals surface area contributed by atoms with E-state index in [0.717, 1.165) is 56.1 Å². The Labute approximate surface area is 375 Å². The van der Waals surface area contributed by atoms with E-state index in [1.807, 2.05) is 30.3 Å². The van der Waals surface area contributed by atoms with Crippen molar-refractivity contribution in [3.05, 3.63) is 230 Å². The second-order valence-corrected chi connectivity index (χ2v) is 16.3. The summed E-state index contributed by atoms with van der Waals surface area (Å²) in [4.78, 5) is 10.4. The third-order valence-electron chi connectivity index (χ3n) is 12.5. The molecule has 0 atom stereocenters. The van der Waals surface area contributed by atoms with Crippen molar-refractivity contribution in [1.29, 1.82) is 5.41 Å². The molecule has 0 bridgehead atoms. The maximum Gasteiger partial charge on any atom is 0.158 e. The molecule has 65 heavy (non-hydrogen) atoms. The number of nitrogens with zero attached hydrogens (tertiary/aromatic N) is 4. The summed E-state index contributed by atoms with van der Waals surface area (Å²) in [6.45, 7) is 0. The van der Waals surface area contributed by atoms with E-state index in [2.05, 4.69) is 209 Å².